The number of hydrazine groups is 1. The van der Waals surface area contributed by atoms with Crippen LogP contribution in [0.1, 0.15) is 36.6 Å². The van der Waals surface area contributed by atoms with Crippen LogP contribution in [-0.4, -0.2) is 31.2 Å². The number of hydrogen-bond acceptors (Lipinski definition) is 5. The Morgan fingerprint density at radius 1 is 1.00 bits per heavy atom. The molecule has 36 heavy (non-hydrogen) atoms. The van der Waals surface area contributed by atoms with Gasteiger partial charge in [0.05, 0.1) is 11.1 Å². The molecule has 0 aliphatic rings. The molecule has 15 heteroatoms. The molecule has 1 heterocycles. The third-order valence-corrected chi connectivity index (χ3v) is 5.12. The van der Waals surface area contributed by atoms with E-state index in [0.29, 0.717) is 17.8 Å². The van der Waals surface area contributed by atoms with Crippen molar-refractivity contribution in [3.05, 3.63) is 59.2 Å². The normalized spacial score (nSPS) is 12.7. The second-order valence-corrected chi connectivity index (χ2v) is 7.93. The zero-order valence-electron chi connectivity index (χ0n) is 18.7. The highest BCUT2D eigenvalue weighted by Gasteiger charge is 2.37. The van der Waals surface area contributed by atoms with Gasteiger partial charge < -0.3 is 5.32 Å². The minimum Gasteiger partial charge on any atom is -0.331 e. The van der Waals surface area contributed by atoms with Gasteiger partial charge in [-0.25, -0.2) is 0 Å². The van der Waals surface area contributed by atoms with Gasteiger partial charge in [0.2, 0.25) is 5.82 Å². The fourth-order valence-corrected chi connectivity index (χ4v) is 3.07. The van der Waals surface area contributed by atoms with Gasteiger partial charge in [0.15, 0.2) is 11.2 Å². The molecular weight excluding hydrogens is 512 g/mol. The quantitative estimate of drug-likeness (QED) is 0.253. The van der Waals surface area contributed by atoms with Crippen LogP contribution in [0.3, 0.4) is 0 Å². The van der Waals surface area contributed by atoms with Crippen LogP contribution >= 0.6 is 12.2 Å². The number of carbonyl (C=O) groups is 1. The van der Waals surface area contributed by atoms with Crippen LogP contribution in [0.15, 0.2) is 42.5 Å². The summed E-state index contributed by atoms with van der Waals surface area (Å²) in [5.74, 6) is -1.23. The molecule has 0 fully saturated rings. The molecule has 8 nitrogen and oxygen atoms in total. The lowest BCUT2D eigenvalue weighted by Crippen LogP contribution is -2.46. The molecule has 0 radical (unpaired) electrons. The monoisotopic (exact) mass is 531 g/mol. The minimum absolute atomic E-state index is 0.00917. The molecular formula is C21H19F6N7OS. The number of alkyl halides is 6. The lowest BCUT2D eigenvalue weighted by atomic mass is 10.0. The highest BCUT2D eigenvalue weighted by atomic mass is 32.1. The Hall–Kier alpha value is -3.75. The van der Waals surface area contributed by atoms with Gasteiger partial charge in [0.25, 0.3) is 5.91 Å². The van der Waals surface area contributed by atoms with Crippen molar-refractivity contribution in [2.24, 2.45) is 0 Å². The average molecular weight is 531 g/mol. The van der Waals surface area contributed by atoms with E-state index in [2.05, 4.69) is 31.6 Å². The average Bonchev–Trinajstić information content (AvgIpc) is 3.31. The molecule has 3 rings (SSSR count). The Morgan fingerprint density at radius 3 is 2.11 bits per heavy atom. The first-order valence-corrected chi connectivity index (χ1v) is 10.7. The van der Waals surface area contributed by atoms with E-state index in [4.69, 9.17) is 12.2 Å². The van der Waals surface area contributed by atoms with Crippen LogP contribution in [0.5, 0.6) is 0 Å². The highest BCUT2D eigenvalue weighted by Crippen LogP contribution is 2.38. The number of halogens is 6. The van der Waals surface area contributed by atoms with E-state index in [9.17, 15) is 31.1 Å². The fraction of sp³-hybridized carbons (Fsp3) is 0.286. The van der Waals surface area contributed by atoms with Gasteiger partial charge in [-0.2, -0.15) is 31.1 Å². The van der Waals surface area contributed by atoms with Gasteiger partial charge in [0, 0.05) is 11.3 Å². The molecule has 0 aliphatic carbocycles. The third-order valence-electron chi connectivity index (χ3n) is 4.92. The smallest absolute Gasteiger partial charge is 0.331 e. The summed E-state index contributed by atoms with van der Waals surface area (Å²) >= 11 is 5.10. The van der Waals surface area contributed by atoms with Gasteiger partial charge >= 0.3 is 12.4 Å². The maximum Gasteiger partial charge on any atom is 0.416 e. The molecule has 192 valence electrons. The zero-order valence-corrected chi connectivity index (χ0v) is 19.5. The second-order valence-electron chi connectivity index (χ2n) is 7.52. The van der Waals surface area contributed by atoms with Crippen LogP contribution in [0.2, 0.25) is 0 Å². The van der Waals surface area contributed by atoms with E-state index in [1.54, 1.807) is 12.1 Å². The molecule has 0 unspecified atom stereocenters. The number of carbonyl (C=O) groups excluding carboxylic acids is 1. The van der Waals surface area contributed by atoms with Crippen LogP contribution in [0, 0.1) is 0 Å². The topological polar surface area (TPSA) is 96.8 Å². The van der Waals surface area contributed by atoms with Crippen LogP contribution < -0.4 is 16.2 Å². The summed E-state index contributed by atoms with van der Waals surface area (Å²) in [6.07, 6.45) is -9.20. The number of amides is 1. The van der Waals surface area contributed by atoms with Crippen molar-refractivity contribution in [1.29, 1.82) is 0 Å². The van der Waals surface area contributed by atoms with Crippen molar-refractivity contribution in [2.75, 3.05) is 5.32 Å². The second kappa shape index (κ2) is 10.5. The number of benzene rings is 2. The molecule has 3 N–H and O–H groups in total. The van der Waals surface area contributed by atoms with E-state index in [1.807, 2.05) is 19.1 Å². The molecule has 0 saturated carbocycles. The Kier molecular flexibility index (Phi) is 7.81. The van der Waals surface area contributed by atoms with Crippen LogP contribution in [0.4, 0.5) is 32.0 Å². The molecule has 0 aliphatic heterocycles. The van der Waals surface area contributed by atoms with Crippen molar-refractivity contribution in [3.8, 4) is 11.4 Å². The van der Waals surface area contributed by atoms with E-state index in [0.717, 1.165) is 16.8 Å². The lowest BCUT2D eigenvalue weighted by molar-refractivity contribution is -0.143. The van der Waals surface area contributed by atoms with Crippen LogP contribution in [-0.2, 0) is 23.6 Å². The number of nitrogens with zero attached hydrogens (tertiary/aromatic N) is 4. The molecule has 0 spiro atoms. The zero-order chi connectivity index (χ0) is 26.7. The highest BCUT2D eigenvalue weighted by molar-refractivity contribution is 7.80. The lowest BCUT2D eigenvalue weighted by Gasteiger charge is -2.14. The molecule has 3 aromatic rings. The fourth-order valence-electron chi connectivity index (χ4n) is 2.90. The standard InChI is InChI=1S/C21H19F6N7OS/c1-3-12-4-6-16(7-5-12)28-19(36)31-30-18(35)11(2)34-32-17(29-33-34)13-8-14(20(22,23)24)10-15(9-13)21(25,26)27/h4-11H,3H2,1-2H3,(H,30,35)(H2,28,31,36)/t11-/m0/s1. The summed E-state index contributed by atoms with van der Waals surface area (Å²) in [6.45, 7) is 3.35. The number of tetrazole rings is 1. The number of aromatic nitrogens is 4. The van der Waals surface area contributed by atoms with Gasteiger partial charge in [-0.1, -0.05) is 19.1 Å². The predicted octanol–water partition coefficient (Wildman–Crippen LogP) is 4.52. The Bertz CT molecular complexity index is 1210. The summed E-state index contributed by atoms with van der Waals surface area (Å²) in [6, 6.07) is 7.21. The Morgan fingerprint density at radius 2 is 1.58 bits per heavy atom. The van der Waals surface area contributed by atoms with E-state index >= 15 is 0 Å². The summed E-state index contributed by atoms with van der Waals surface area (Å²) in [4.78, 5) is 13.2. The number of aryl methyl sites for hydroxylation is 1. The molecule has 1 atom stereocenters. The van der Waals surface area contributed by atoms with Crippen molar-refractivity contribution in [1.82, 2.24) is 31.1 Å². The molecule has 0 saturated heterocycles. The maximum absolute atomic E-state index is 13.1. The minimum atomic E-state index is -5.03. The molecule has 1 amide bonds. The van der Waals surface area contributed by atoms with E-state index in [-0.39, 0.29) is 11.2 Å². The first kappa shape index (κ1) is 26.8. The van der Waals surface area contributed by atoms with Crippen LogP contribution in [0.25, 0.3) is 11.4 Å². The number of nitrogens with one attached hydrogen (secondary N) is 3. The number of anilines is 1. The van der Waals surface area contributed by atoms with Crippen molar-refractivity contribution >= 4 is 28.9 Å². The van der Waals surface area contributed by atoms with E-state index < -0.39 is 46.8 Å². The number of hydrogen-bond donors (Lipinski definition) is 3. The van der Waals surface area contributed by atoms with Crippen molar-refractivity contribution in [3.63, 3.8) is 0 Å². The SMILES string of the molecule is CCc1ccc(NC(=S)NNC(=O)[C@H](C)n2nnc(-c3cc(C(F)(F)F)cc(C(F)(F)F)c3)n2)cc1. The molecule has 1 aromatic heterocycles. The molecule has 0 bridgehead atoms. The van der Waals surface area contributed by atoms with Crippen molar-refractivity contribution in [2.45, 2.75) is 38.7 Å². The Labute approximate surface area is 206 Å². The summed E-state index contributed by atoms with van der Waals surface area (Å²) in [7, 11) is 0. The first-order valence-electron chi connectivity index (χ1n) is 10.3. The third kappa shape index (κ3) is 6.68. The maximum atomic E-state index is 13.1. The van der Waals surface area contributed by atoms with Gasteiger partial charge in [-0.3, -0.25) is 15.6 Å². The van der Waals surface area contributed by atoms with Crippen molar-refractivity contribution < 1.29 is 31.1 Å². The van der Waals surface area contributed by atoms with Gasteiger partial charge in [-0.15, -0.1) is 10.2 Å². The largest absolute Gasteiger partial charge is 0.416 e. The first-order chi connectivity index (χ1) is 16.8. The Balaban J connectivity index is 1.69. The molecule has 2 aromatic carbocycles. The number of thiocarbonyl (C=S) groups is 1. The predicted molar refractivity (Wildman–Crippen MR) is 121 cm³/mol. The number of rotatable bonds is 5. The summed E-state index contributed by atoms with van der Waals surface area (Å²) in [5, 5.41) is 13.8. The van der Waals surface area contributed by atoms with Gasteiger partial charge in [-0.05, 0) is 66.7 Å². The van der Waals surface area contributed by atoms with E-state index in [1.165, 1.54) is 6.92 Å². The summed E-state index contributed by atoms with van der Waals surface area (Å²) in [5.41, 5.74) is 2.98. The summed E-state index contributed by atoms with van der Waals surface area (Å²) < 4.78 is 78.6. The van der Waals surface area contributed by atoms with Gasteiger partial charge in [0.1, 0.15) is 0 Å².